The molecule has 1 rings (SSSR count). The molecule has 2 nitrogen and oxygen atoms in total. The fourth-order valence-electron chi connectivity index (χ4n) is 1.14. The van der Waals surface area contributed by atoms with Gasteiger partial charge in [-0.2, -0.15) is 0 Å². The fraction of sp³-hybridized carbons (Fsp3) is 0.400. The largest absolute Gasteiger partial charge is 0.386 e. The maximum Gasteiger partial charge on any atom is 0.0992 e. The second-order valence-corrected chi connectivity index (χ2v) is 4.67. The lowest BCUT2D eigenvalue weighted by Crippen LogP contribution is -2.39. The summed E-state index contributed by atoms with van der Waals surface area (Å²) in [5.74, 6) is 0. The van der Waals surface area contributed by atoms with E-state index in [1.165, 1.54) is 0 Å². The van der Waals surface area contributed by atoms with Crippen LogP contribution in [0.25, 0.3) is 0 Å². The lowest BCUT2D eigenvalue weighted by Gasteiger charge is -2.27. The molecular weight excluding hydrogens is 221 g/mol. The first-order valence-corrected chi connectivity index (χ1v) is 5.00. The molecule has 0 aliphatic rings. The highest BCUT2D eigenvalue weighted by atomic mass is 35.5. The van der Waals surface area contributed by atoms with Crippen molar-refractivity contribution in [3.05, 3.63) is 33.8 Å². The fourth-order valence-corrected chi connectivity index (χ4v) is 1.75. The smallest absolute Gasteiger partial charge is 0.0992 e. The normalized spacial score (nSPS) is 14.1. The minimum Gasteiger partial charge on any atom is -0.386 e. The van der Waals surface area contributed by atoms with Crippen LogP contribution in [0.3, 0.4) is 0 Å². The van der Waals surface area contributed by atoms with Gasteiger partial charge in [-0.1, -0.05) is 29.3 Å². The number of hydrogen-bond donors (Lipinski definition) is 2. The van der Waals surface area contributed by atoms with Crippen molar-refractivity contribution >= 4 is 23.2 Å². The van der Waals surface area contributed by atoms with Crippen molar-refractivity contribution in [2.45, 2.75) is 25.5 Å². The van der Waals surface area contributed by atoms with Crippen molar-refractivity contribution in [3.63, 3.8) is 0 Å². The Morgan fingerprint density at radius 1 is 1.29 bits per heavy atom. The topological polar surface area (TPSA) is 46.2 Å². The van der Waals surface area contributed by atoms with E-state index in [1.54, 1.807) is 32.0 Å². The van der Waals surface area contributed by atoms with Crippen LogP contribution in [-0.2, 0) is 0 Å². The molecule has 78 valence electrons. The van der Waals surface area contributed by atoms with Gasteiger partial charge in [-0.05, 0) is 26.0 Å². The van der Waals surface area contributed by atoms with Gasteiger partial charge in [0.25, 0.3) is 0 Å². The molecule has 0 saturated carbocycles. The Balaban J connectivity index is 3.19. The number of rotatable bonds is 2. The molecule has 0 saturated heterocycles. The van der Waals surface area contributed by atoms with Gasteiger partial charge >= 0.3 is 0 Å². The Bertz CT molecular complexity index is 313. The van der Waals surface area contributed by atoms with Crippen LogP contribution < -0.4 is 5.73 Å². The monoisotopic (exact) mass is 233 g/mol. The second-order valence-electron chi connectivity index (χ2n) is 3.86. The van der Waals surface area contributed by atoms with Gasteiger partial charge in [0, 0.05) is 21.1 Å². The second kappa shape index (κ2) is 4.07. The Kier molecular flexibility index (Phi) is 3.43. The van der Waals surface area contributed by atoms with E-state index >= 15 is 0 Å². The van der Waals surface area contributed by atoms with Crippen LogP contribution in [0.1, 0.15) is 25.5 Å². The highest BCUT2D eigenvalue weighted by Crippen LogP contribution is 2.34. The molecule has 0 amide bonds. The van der Waals surface area contributed by atoms with Gasteiger partial charge in [-0.25, -0.2) is 0 Å². The first kappa shape index (κ1) is 11.8. The minimum absolute atomic E-state index is 0.434. The van der Waals surface area contributed by atoms with E-state index in [-0.39, 0.29) is 0 Å². The summed E-state index contributed by atoms with van der Waals surface area (Å²) in [7, 11) is 0. The summed E-state index contributed by atoms with van der Waals surface area (Å²) < 4.78 is 0. The Morgan fingerprint density at radius 2 is 1.71 bits per heavy atom. The molecule has 1 atom stereocenters. The molecular formula is C10H13Cl2NO. The highest BCUT2D eigenvalue weighted by molar-refractivity contribution is 6.36. The number of halogens is 2. The summed E-state index contributed by atoms with van der Waals surface area (Å²) >= 11 is 11.9. The maximum atomic E-state index is 9.92. The third-order valence-electron chi connectivity index (χ3n) is 1.98. The van der Waals surface area contributed by atoms with Crippen molar-refractivity contribution in [1.29, 1.82) is 0 Å². The predicted molar refractivity (Wildman–Crippen MR) is 59.7 cm³/mol. The third-order valence-corrected chi connectivity index (χ3v) is 2.64. The van der Waals surface area contributed by atoms with E-state index in [2.05, 4.69) is 0 Å². The van der Waals surface area contributed by atoms with Crippen molar-refractivity contribution in [2.24, 2.45) is 5.73 Å². The first-order chi connectivity index (χ1) is 6.34. The van der Waals surface area contributed by atoms with E-state index < -0.39 is 11.6 Å². The molecule has 4 heteroatoms. The molecule has 0 heterocycles. The average molecular weight is 234 g/mol. The van der Waals surface area contributed by atoms with E-state index in [1.807, 2.05) is 0 Å². The molecule has 0 radical (unpaired) electrons. The zero-order valence-corrected chi connectivity index (χ0v) is 9.60. The number of hydrogen-bond acceptors (Lipinski definition) is 2. The van der Waals surface area contributed by atoms with Gasteiger partial charge in [0.1, 0.15) is 0 Å². The van der Waals surface area contributed by atoms with Crippen molar-refractivity contribution < 1.29 is 5.11 Å². The molecule has 14 heavy (non-hydrogen) atoms. The van der Waals surface area contributed by atoms with E-state index in [0.717, 1.165) is 0 Å². The zero-order valence-electron chi connectivity index (χ0n) is 8.09. The van der Waals surface area contributed by atoms with Gasteiger partial charge < -0.3 is 10.8 Å². The predicted octanol–water partition coefficient (Wildman–Crippen LogP) is 2.76. The summed E-state index contributed by atoms with van der Waals surface area (Å²) in [6, 6.07) is 5.08. The first-order valence-electron chi connectivity index (χ1n) is 4.25. The number of nitrogens with two attached hydrogens (primary N) is 1. The van der Waals surface area contributed by atoms with Crippen molar-refractivity contribution in [3.8, 4) is 0 Å². The summed E-state index contributed by atoms with van der Waals surface area (Å²) in [5, 5.41) is 10.8. The molecule has 0 aliphatic carbocycles. The third kappa shape index (κ3) is 2.39. The zero-order chi connectivity index (χ0) is 10.9. The summed E-state index contributed by atoms with van der Waals surface area (Å²) in [5.41, 5.74) is 5.50. The molecule has 0 spiro atoms. The van der Waals surface area contributed by atoms with Gasteiger partial charge in [0.2, 0.25) is 0 Å². The molecule has 1 aromatic carbocycles. The van der Waals surface area contributed by atoms with Gasteiger partial charge in [0.15, 0.2) is 0 Å². The molecule has 0 fully saturated rings. The maximum absolute atomic E-state index is 9.92. The summed E-state index contributed by atoms with van der Waals surface area (Å²) in [6.45, 7) is 3.44. The van der Waals surface area contributed by atoms with Crippen LogP contribution >= 0.6 is 23.2 Å². The van der Waals surface area contributed by atoms with Crippen LogP contribution in [0, 0.1) is 0 Å². The average Bonchev–Trinajstić information content (AvgIpc) is 2.01. The quantitative estimate of drug-likeness (QED) is 0.826. The van der Waals surface area contributed by atoms with Crippen LogP contribution in [0.4, 0.5) is 0 Å². The molecule has 0 aliphatic heterocycles. The van der Waals surface area contributed by atoms with Gasteiger partial charge in [-0.15, -0.1) is 0 Å². The lowest BCUT2D eigenvalue weighted by molar-refractivity contribution is 0.105. The van der Waals surface area contributed by atoms with Crippen LogP contribution in [0.15, 0.2) is 18.2 Å². The van der Waals surface area contributed by atoms with Gasteiger partial charge in [0.05, 0.1) is 6.10 Å². The molecule has 0 aromatic heterocycles. The number of benzene rings is 1. The van der Waals surface area contributed by atoms with E-state index in [9.17, 15) is 5.11 Å². The number of aliphatic hydroxyl groups is 1. The lowest BCUT2D eigenvalue weighted by atomic mass is 9.92. The Hall–Kier alpha value is -0.280. The summed E-state index contributed by atoms with van der Waals surface area (Å²) in [4.78, 5) is 0. The summed E-state index contributed by atoms with van der Waals surface area (Å²) in [6.07, 6.45) is -0.872. The molecule has 1 aromatic rings. The van der Waals surface area contributed by atoms with Crippen LogP contribution in [0.5, 0.6) is 0 Å². The molecule has 3 N–H and O–H groups in total. The minimum atomic E-state index is -0.872. The Labute approximate surface area is 93.6 Å². The van der Waals surface area contributed by atoms with Crippen LogP contribution in [0.2, 0.25) is 10.0 Å². The van der Waals surface area contributed by atoms with E-state index in [4.69, 9.17) is 28.9 Å². The molecule has 1 unspecified atom stereocenters. The van der Waals surface area contributed by atoms with E-state index in [0.29, 0.717) is 15.6 Å². The van der Waals surface area contributed by atoms with Gasteiger partial charge in [-0.3, -0.25) is 0 Å². The number of aliphatic hydroxyl groups excluding tert-OH is 1. The standard InChI is InChI=1S/C10H13Cl2NO/c1-10(2,13)9(14)8-6(11)4-3-5-7(8)12/h3-5,9,14H,13H2,1-2H3. The molecule has 0 bridgehead atoms. The van der Waals surface area contributed by atoms with Crippen molar-refractivity contribution in [1.82, 2.24) is 0 Å². The van der Waals surface area contributed by atoms with Crippen molar-refractivity contribution in [2.75, 3.05) is 0 Å². The van der Waals surface area contributed by atoms with Crippen LogP contribution in [-0.4, -0.2) is 10.6 Å². The SMILES string of the molecule is CC(C)(N)C(O)c1c(Cl)cccc1Cl. The highest BCUT2D eigenvalue weighted by Gasteiger charge is 2.27. The Morgan fingerprint density at radius 3 is 2.07 bits per heavy atom.